The van der Waals surface area contributed by atoms with E-state index in [0.717, 1.165) is 5.69 Å². The lowest BCUT2D eigenvalue weighted by molar-refractivity contribution is 1.05. The van der Waals surface area contributed by atoms with Crippen LogP contribution < -0.4 is 5.32 Å². The van der Waals surface area contributed by atoms with Crippen LogP contribution in [-0.2, 0) is 0 Å². The molecule has 4 nitrogen and oxygen atoms in total. The maximum atomic E-state index is 5.82. The Morgan fingerprint density at radius 1 is 1.14 bits per heavy atom. The number of benzene rings is 1. The maximum absolute atomic E-state index is 5.82. The Morgan fingerprint density at radius 3 is 2.64 bits per heavy atom. The summed E-state index contributed by atoms with van der Waals surface area (Å²) >= 11 is 5.82. The molecule has 70 valence electrons. The second-order valence-corrected chi connectivity index (χ2v) is 3.03. The Bertz CT molecular complexity index is 418. The smallest absolute Gasteiger partial charge is 0.230 e. The number of nitrogens with one attached hydrogen (secondary N) is 1. The first-order valence-corrected chi connectivity index (χ1v) is 4.37. The molecule has 0 unspecified atom stereocenters. The average molecular weight is 207 g/mol. The molecule has 0 aliphatic carbocycles. The average Bonchev–Trinajstić information content (AvgIpc) is 2.19. The minimum absolute atomic E-state index is 0.502. The zero-order valence-corrected chi connectivity index (χ0v) is 7.94. The Balaban J connectivity index is 2.19. The summed E-state index contributed by atoms with van der Waals surface area (Å²) < 4.78 is 0. The molecule has 0 saturated carbocycles. The van der Waals surface area contributed by atoms with Gasteiger partial charge in [-0.1, -0.05) is 17.7 Å². The van der Waals surface area contributed by atoms with Crippen LogP contribution in [0.5, 0.6) is 0 Å². The Hall–Kier alpha value is -1.68. The number of nitrogens with zero attached hydrogens (tertiary/aromatic N) is 3. The number of hydrogen-bond acceptors (Lipinski definition) is 4. The lowest BCUT2D eigenvalue weighted by Crippen LogP contribution is -1.96. The third kappa shape index (κ3) is 2.17. The van der Waals surface area contributed by atoms with Crippen molar-refractivity contribution in [3.8, 4) is 0 Å². The quantitative estimate of drug-likeness (QED) is 0.819. The monoisotopic (exact) mass is 206 g/mol. The van der Waals surface area contributed by atoms with Crippen LogP contribution in [0.1, 0.15) is 0 Å². The summed E-state index contributed by atoms with van der Waals surface area (Å²) in [6.07, 6.45) is 2.86. The second kappa shape index (κ2) is 4.02. The maximum Gasteiger partial charge on any atom is 0.230 e. The largest absolute Gasteiger partial charge is 0.324 e. The molecule has 1 heterocycles. The van der Waals surface area contributed by atoms with Crippen LogP contribution in [0.25, 0.3) is 0 Å². The first-order chi connectivity index (χ1) is 6.84. The van der Waals surface area contributed by atoms with E-state index >= 15 is 0 Å². The van der Waals surface area contributed by atoms with Crippen LogP contribution >= 0.6 is 11.6 Å². The fourth-order valence-corrected chi connectivity index (χ4v) is 1.19. The molecule has 2 aromatic rings. The lowest BCUT2D eigenvalue weighted by atomic mass is 10.3. The first kappa shape index (κ1) is 8.90. The minimum atomic E-state index is 0.502. The predicted octanol–water partition coefficient (Wildman–Crippen LogP) is 2.27. The number of aromatic nitrogens is 3. The van der Waals surface area contributed by atoms with Crippen molar-refractivity contribution < 1.29 is 0 Å². The highest BCUT2D eigenvalue weighted by Crippen LogP contribution is 2.16. The highest BCUT2D eigenvalue weighted by atomic mass is 35.5. The number of rotatable bonds is 2. The van der Waals surface area contributed by atoms with Crippen LogP contribution in [0.15, 0.2) is 36.9 Å². The van der Waals surface area contributed by atoms with Crippen molar-refractivity contribution in [2.45, 2.75) is 0 Å². The van der Waals surface area contributed by atoms with Crippen LogP contribution in [0.3, 0.4) is 0 Å². The Kier molecular flexibility index (Phi) is 2.55. The normalized spacial score (nSPS) is 9.79. The summed E-state index contributed by atoms with van der Waals surface area (Å²) in [5.41, 5.74) is 0.851. The molecule has 1 aromatic carbocycles. The molecule has 1 N–H and O–H groups in total. The molecule has 0 aliphatic rings. The van der Waals surface area contributed by atoms with Gasteiger partial charge in [-0.15, -0.1) is 0 Å². The molecular formula is C9H7ClN4. The summed E-state index contributed by atoms with van der Waals surface area (Å²) in [5.74, 6) is 0.502. The highest BCUT2D eigenvalue weighted by molar-refractivity contribution is 6.30. The molecule has 0 spiro atoms. The fourth-order valence-electron chi connectivity index (χ4n) is 0.999. The Morgan fingerprint density at radius 2 is 1.93 bits per heavy atom. The summed E-state index contributed by atoms with van der Waals surface area (Å²) in [4.78, 5) is 11.6. The molecule has 2 rings (SSSR count). The molecule has 0 fully saturated rings. The van der Waals surface area contributed by atoms with Crippen LogP contribution in [-0.4, -0.2) is 15.0 Å². The molecule has 0 saturated heterocycles. The molecule has 0 aliphatic heterocycles. The molecule has 14 heavy (non-hydrogen) atoms. The summed E-state index contributed by atoms with van der Waals surface area (Å²) in [6, 6.07) is 7.34. The van der Waals surface area contributed by atoms with Crippen molar-refractivity contribution >= 4 is 23.2 Å². The van der Waals surface area contributed by atoms with E-state index in [2.05, 4.69) is 20.3 Å². The van der Waals surface area contributed by atoms with Gasteiger partial charge in [0.05, 0.1) is 0 Å². The van der Waals surface area contributed by atoms with Crippen molar-refractivity contribution in [3.05, 3.63) is 41.9 Å². The van der Waals surface area contributed by atoms with Gasteiger partial charge < -0.3 is 5.32 Å². The van der Waals surface area contributed by atoms with Crippen LogP contribution in [0.4, 0.5) is 11.6 Å². The third-order valence-corrected chi connectivity index (χ3v) is 1.81. The molecule has 0 atom stereocenters. The van der Waals surface area contributed by atoms with E-state index < -0.39 is 0 Å². The predicted molar refractivity (Wildman–Crippen MR) is 54.6 cm³/mol. The summed E-state index contributed by atoms with van der Waals surface area (Å²) in [5, 5.41) is 3.67. The van der Waals surface area contributed by atoms with E-state index in [0.29, 0.717) is 11.0 Å². The standard InChI is InChI=1S/C9H7ClN4/c10-7-2-1-3-8(4-7)14-9-12-5-11-6-13-9/h1-6H,(H,11,12,13,14). The molecule has 0 amide bonds. The Labute approximate surface area is 86.0 Å². The second-order valence-electron chi connectivity index (χ2n) is 2.60. The summed E-state index contributed by atoms with van der Waals surface area (Å²) in [7, 11) is 0. The van der Waals surface area contributed by atoms with Gasteiger partial charge in [0.1, 0.15) is 12.7 Å². The van der Waals surface area contributed by atoms with E-state index in [1.807, 2.05) is 12.1 Å². The number of halogens is 1. The van der Waals surface area contributed by atoms with E-state index in [1.54, 1.807) is 12.1 Å². The van der Waals surface area contributed by atoms with Gasteiger partial charge in [-0.2, -0.15) is 0 Å². The van der Waals surface area contributed by atoms with Crippen molar-refractivity contribution in [1.82, 2.24) is 15.0 Å². The lowest BCUT2D eigenvalue weighted by Gasteiger charge is -2.02. The minimum Gasteiger partial charge on any atom is -0.324 e. The van der Waals surface area contributed by atoms with Crippen LogP contribution in [0, 0.1) is 0 Å². The third-order valence-electron chi connectivity index (χ3n) is 1.57. The van der Waals surface area contributed by atoms with Gasteiger partial charge in [-0.25, -0.2) is 15.0 Å². The van der Waals surface area contributed by atoms with E-state index in [-0.39, 0.29) is 0 Å². The van der Waals surface area contributed by atoms with Crippen LogP contribution in [0.2, 0.25) is 5.02 Å². The van der Waals surface area contributed by atoms with Gasteiger partial charge in [0.25, 0.3) is 0 Å². The molecule has 0 bridgehead atoms. The molecule has 1 aromatic heterocycles. The number of hydrogen-bond donors (Lipinski definition) is 1. The van der Waals surface area contributed by atoms with Gasteiger partial charge in [0.2, 0.25) is 5.95 Å². The van der Waals surface area contributed by atoms with Gasteiger partial charge in [0.15, 0.2) is 0 Å². The zero-order chi connectivity index (χ0) is 9.80. The van der Waals surface area contributed by atoms with Gasteiger partial charge in [-0.3, -0.25) is 0 Å². The zero-order valence-electron chi connectivity index (χ0n) is 7.18. The highest BCUT2D eigenvalue weighted by Gasteiger charge is 1.96. The van der Waals surface area contributed by atoms with Crippen molar-refractivity contribution in [3.63, 3.8) is 0 Å². The molecule has 5 heteroatoms. The van der Waals surface area contributed by atoms with E-state index in [1.165, 1.54) is 12.7 Å². The van der Waals surface area contributed by atoms with Gasteiger partial charge in [0, 0.05) is 10.7 Å². The molecule has 0 radical (unpaired) electrons. The fraction of sp³-hybridized carbons (Fsp3) is 0. The summed E-state index contributed by atoms with van der Waals surface area (Å²) in [6.45, 7) is 0. The van der Waals surface area contributed by atoms with Gasteiger partial charge >= 0.3 is 0 Å². The molecular weight excluding hydrogens is 200 g/mol. The van der Waals surface area contributed by atoms with Crippen molar-refractivity contribution in [2.24, 2.45) is 0 Å². The topological polar surface area (TPSA) is 50.7 Å². The SMILES string of the molecule is Clc1cccc(Nc2ncncn2)c1. The van der Waals surface area contributed by atoms with Crippen molar-refractivity contribution in [1.29, 1.82) is 0 Å². The van der Waals surface area contributed by atoms with Crippen molar-refractivity contribution in [2.75, 3.05) is 5.32 Å². The van der Waals surface area contributed by atoms with E-state index in [9.17, 15) is 0 Å². The van der Waals surface area contributed by atoms with Gasteiger partial charge in [-0.05, 0) is 18.2 Å². The number of anilines is 2. The first-order valence-electron chi connectivity index (χ1n) is 3.99. The van der Waals surface area contributed by atoms with E-state index in [4.69, 9.17) is 11.6 Å².